The first-order chi connectivity index (χ1) is 13.9. The number of nitrogens with zero attached hydrogens (tertiary/aromatic N) is 2. The predicted octanol–water partition coefficient (Wildman–Crippen LogP) is 3.83. The highest BCUT2D eigenvalue weighted by atomic mass is 35.5. The molecule has 1 fully saturated rings. The van der Waals surface area contributed by atoms with Gasteiger partial charge in [-0.3, -0.25) is 4.79 Å². The van der Waals surface area contributed by atoms with E-state index in [1.54, 1.807) is 19.0 Å². The van der Waals surface area contributed by atoms with E-state index in [0.29, 0.717) is 12.1 Å². The highest BCUT2D eigenvalue weighted by Crippen LogP contribution is 2.47. The van der Waals surface area contributed by atoms with Crippen LogP contribution in [-0.2, 0) is 12.0 Å². The van der Waals surface area contributed by atoms with E-state index in [1.165, 1.54) is 18.4 Å². The first kappa shape index (κ1) is 21.2. The summed E-state index contributed by atoms with van der Waals surface area (Å²) in [7, 11) is 3.51. The topological polar surface area (TPSA) is 56.7 Å². The van der Waals surface area contributed by atoms with E-state index in [-0.39, 0.29) is 11.3 Å². The molecule has 1 amide bonds. The van der Waals surface area contributed by atoms with Crippen LogP contribution in [0.4, 0.5) is 0 Å². The molecule has 1 saturated carbocycles. The van der Waals surface area contributed by atoms with Gasteiger partial charge in [0.1, 0.15) is 0 Å². The average molecular weight is 413 g/mol. The number of carbonyl (C=O) groups is 1. The molecular formula is C23H29ClN4O. The molecule has 0 atom stereocenters. The van der Waals surface area contributed by atoms with Gasteiger partial charge in [-0.25, -0.2) is 4.99 Å². The van der Waals surface area contributed by atoms with E-state index >= 15 is 0 Å². The van der Waals surface area contributed by atoms with Gasteiger partial charge in [-0.05, 0) is 55.2 Å². The van der Waals surface area contributed by atoms with Crippen LogP contribution in [0, 0.1) is 0 Å². The fourth-order valence-corrected chi connectivity index (χ4v) is 3.42. The average Bonchev–Trinajstić information content (AvgIpc) is 3.51. The number of halogens is 1. The second-order valence-corrected chi connectivity index (χ2v) is 8.17. The van der Waals surface area contributed by atoms with Gasteiger partial charge in [-0.1, -0.05) is 35.9 Å². The number of hydrogen-bond donors (Lipinski definition) is 2. The Morgan fingerprint density at radius 3 is 2.28 bits per heavy atom. The summed E-state index contributed by atoms with van der Waals surface area (Å²) in [5.41, 5.74) is 3.25. The summed E-state index contributed by atoms with van der Waals surface area (Å²) in [6.45, 7) is 4.26. The SMILES string of the molecule is CCNC(=NCc1ccc(C(=O)N(C)C)cc1)NCC1(c2ccc(Cl)cc2)CC1. The number of rotatable bonds is 7. The molecule has 1 aliphatic carbocycles. The van der Waals surface area contributed by atoms with Crippen LogP contribution in [-0.4, -0.2) is 44.0 Å². The van der Waals surface area contributed by atoms with Crippen LogP contribution in [0.3, 0.4) is 0 Å². The monoisotopic (exact) mass is 412 g/mol. The zero-order chi connectivity index (χ0) is 20.9. The molecule has 0 aromatic heterocycles. The van der Waals surface area contributed by atoms with Gasteiger partial charge in [0.2, 0.25) is 0 Å². The Morgan fingerprint density at radius 2 is 1.72 bits per heavy atom. The van der Waals surface area contributed by atoms with Crippen LogP contribution in [0.2, 0.25) is 5.02 Å². The second-order valence-electron chi connectivity index (χ2n) is 7.73. The molecule has 1 aliphatic rings. The third-order valence-corrected chi connectivity index (χ3v) is 5.53. The number of benzene rings is 2. The van der Waals surface area contributed by atoms with Crippen molar-refractivity contribution in [3.8, 4) is 0 Å². The van der Waals surface area contributed by atoms with E-state index in [0.717, 1.165) is 29.6 Å². The van der Waals surface area contributed by atoms with Gasteiger partial charge in [-0.2, -0.15) is 0 Å². The van der Waals surface area contributed by atoms with E-state index in [2.05, 4.69) is 29.7 Å². The Hall–Kier alpha value is -2.53. The summed E-state index contributed by atoms with van der Waals surface area (Å²) in [5, 5.41) is 7.58. The van der Waals surface area contributed by atoms with Gasteiger partial charge in [-0.15, -0.1) is 0 Å². The zero-order valence-corrected chi connectivity index (χ0v) is 18.1. The van der Waals surface area contributed by atoms with Crippen molar-refractivity contribution in [3.63, 3.8) is 0 Å². The van der Waals surface area contributed by atoms with Crippen LogP contribution in [0.25, 0.3) is 0 Å². The Labute approximate surface area is 178 Å². The largest absolute Gasteiger partial charge is 0.357 e. The molecule has 29 heavy (non-hydrogen) atoms. The molecular weight excluding hydrogens is 384 g/mol. The molecule has 0 heterocycles. The summed E-state index contributed by atoms with van der Waals surface area (Å²) < 4.78 is 0. The fraction of sp³-hybridized carbons (Fsp3) is 0.391. The highest BCUT2D eigenvalue weighted by molar-refractivity contribution is 6.30. The first-order valence-electron chi connectivity index (χ1n) is 10.0. The second kappa shape index (κ2) is 9.31. The molecule has 3 rings (SSSR count). The number of aliphatic imine (C=N–C) groups is 1. The maximum absolute atomic E-state index is 12.0. The quantitative estimate of drug-likeness (QED) is 0.536. The van der Waals surface area contributed by atoms with E-state index in [9.17, 15) is 4.79 Å². The minimum absolute atomic E-state index is 0.00647. The lowest BCUT2D eigenvalue weighted by Crippen LogP contribution is -2.41. The van der Waals surface area contributed by atoms with Gasteiger partial charge in [0.05, 0.1) is 6.54 Å². The van der Waals surface area contributed by atoms with Gasteiger partial charge < -0.3 is 15.5 Å². The highest BCUT2D eigenvalue weighted by Gasteiger charge is 2.44. The van der Waals surface area contributed by atoms with E-state index in [1.807, 2.05) is 36.4 Å². The molecule has 0 radical (unpaired) electrons. The van der Waals surface area contributed by atoms with Gasteiger partial charge >= 0.3 is 0 Å². The third-order valence-electron chi connectivity index (χ3n) is 5.28. The summed E-state index contributed by atoms with van der Waals surface area (Å²) in [6.07, 6.45) is 2.34. The number of guanidine groups is 1. The molecule has 6 heteroatoms. The Bertz CT molecular complexity index is 855. The summed E-state index contributed by atoms with van der Waals surface area (Å²) >= 11 is 6.03. The number of hydrogen-bond acceptors (Lipinski definition) is 2. The number of nitrogens with one attached hydrogen (secondary N) is 2. The maximum atomic E-state index is 12.0. The fourth-order valence-electron chi connectivity index (χ4n) is 3.30. The minimum Gasteiger partial charge on any atom is -0.357 e. The first-order valence-corrected chi connectivity index (χ1v) is 10.4. The van der Waals surface area contributed by atoms with Crippen molar-refractivity contribution in [2.75, 3.05) is 27.2 Å². The predicted molar refractivity (Wildman–Crippen MR) is 120 cm³/mol. The summed E-state index contributed by atoms with van der Waals surface area (Å²) in [4.78, 5) is 18.3. The van der Waals surface area contributed by atoms with Crippen molar-refractivity contribution >= 4 is 23.5 Å². The van der Waals surface area contributed by atoms with E-state index < -0.39 is 0 Å². The summed E-state index contributed by atoms with van der Waals surface area (Å²) in [6, 6.07) is 15.8. The van der Waals surface area contributed by atoms with Crippen molar-refractivity contribution < 1.29 is 4.79 Å². The lowest BCUT2D eigenvalue weighted by atomic mass is 9.96. The molecule has 0 bridgehead atoms. The van der Waals surface area contributed by atoms with Gasteiger partial charge in [0.15, 0.2) is 5.96 Å². The van der Waals surface area contributed by atoms with Crippen molar-refractivity contribution in [2.24, 2.45) is 4.99 Å². The van der Waals surface area contributed by atoms with Crippen molar-refractivity contribution in [2.45, 2.75) is 31.7 Å². The van der Waals surface area contributed by atoms with Crippen molar-refractivity contribution in [1.29, 1.82) is 0 Å². The molecule has 5 nitrogen and oxygen atoms in total. The van der Waals surface area contributed by atoms with Crippen molar-refractivity contribution in [1.82, 2.24) is 15.5 Å². The molecule has 154 valence electrons. The van der Waals surface area contributed by atoms with Gasteiger partial charge in [0.25, 0.3) is 5.91 Å². The third kappa shape index (κ3) is 5.51. The standard InChI is InChI=1S/C23H29ClN4O/c1-4-25-22(26-15-17-5-7-18(8-6-17)21(29)28(2)3)27-16-23(13-14-23)19-9-11-20(24)12-10-19/h5-12H,4,13-16H2,1-3H3,(H2,25,26,27). The van der Waals surface area contributed by atoms with E-state index in [4.69, 9.17) is 16.6 Å². The summed E-state index contributed by atoms with van der Waals surface area (Å²) in [5.74, 6) is 0.813. The molecule has 0 saturated heterocycles. The van der Waals surface area contributed by atoms with Crippen molar-refractivity contribution in [3.05, 3.63) is 70.2 Å². The number of amides is 1. The Balaban J connectivity index is 1.61. The van der Waals surface area contributed by atoms with Crippen LogP contribution in [0.15, 0.2) is 53.5 Å². The zero-order valence-electron chi connectivity index (χ0n) is 17.3. The smallest absolute Gasteiger partial charge is 0.253 e. The molecule has 0 spiro atoms. The Morgan fingerprint density at radius 1 is 1.07 bits per heavy atom. The van der Waals surface area contributed by atoms with Gasteiger partial charge in [0, 0.05) is 43.2 Å². The molecule has 2 aromatic carbocycles. The molecule has 0 unspecified atom stereocenters. The molecule has 2 aromatic rings. The lowest BCUT2D eigenvalue weighted by Gasteiger charge is -2.19. The van der Waals surface area contributed by atoms with Crippen LogP contribution in [0.1, 0.15) is 41.3 Å². The lowest BCUT2D eigenvalue weighted by molar-refractivity contribution is 0.0827. The molecule has 2 N–H and O–H groups in total. The normalized spacial score (nSPS) is 15.0. The van der Waals surface area contributed by atoms with Crippen LogP contribution < -0.4 is 10.6 Å². The maximum Gasteiger partial charge on any atom is 0.253 e. The number of carbonyl (C=O) groups excluding carboxylic acids is 1. The Kier molecular flexibility index (Phi) is 6.80. The minimum atomic E-state index is 0.00647. The van der Waals surface area contributed by atoms with Crippen LogP contribution in [0.5, 0.6) is 0 Å². The van der Waals surface area contributed by atoms with Crippen LogP contribution >= 0.6 is 11.6 Å². The molecule has 0 aliphatic heterocycles.